The maximum Gasteiger partial charge on any atom is 0.302 e. The largest absolute Gasteiger partial charge is 0.508 e. The van der Waals surface area contributed by atoms with E-state index < -0.39 is 18.1 Å². The van der Waals surface area contributed by atoms with E-state index in [-0.39, 0.29) is 77.2 Å². The minimum absolute atomic E-state index is 0.00483. The van der Waals surface area contributed by atoms with E-state index in [4.69, 9.17) is 14.2 Å². The average Bonchev–Trinajstić information content (AvgIpc) is 3.96. The van der Waals surface area contributed by atoms with Crippen molar-refractivity contribution in [2.45, 2.75) is 90.2 Å². The van der Waals surface area contributed by atoms with Crippen LogP contribution in [-0.4, -0.2) is 68.7 Å². The number of rotatable bonds is 10. The van der Waals surface area contributed by atoms with Gasteiger partial charge in [0.15, 0.2) is 11.5 Å². The first-order valence-corrected chi connectivity index (χ1v) is 23.4. The van der Waals surface area contributed by atoms with Gasteiger partial charge in [0.2, 0.25) is 5.75 Å². The van der Waals surface area contributed by atoms with Crippen molar-refractivity contribution in [3.05, 3.63) is 149 Å². The zero-order valence-electron chi connectivity index (χ0n) is 39.0. The van der Waals surface area contributed by atoms with Crippen LogP contribution in [0.2, 0.25) is 0 Å². The van der Waals surface area contributed by atoms with Crippen molar-refractivity contribution in [2.75, 3.05) is 25.1 Å². The summed E-state index contributed by atoms with van der Waals surface area (Å²) >= 11 is 0. The molecule has 13 nitrogen and oxygen atoms in total. The number of aromatic nitrogens is 2. The van der Waals surface area contributed by atoms with E-state index in [2.05, 4.69) is 52.7 Å². The first kappa shape index (κ1) is 47.1. The van der Waals surface area contributed by atoms with Gasteiger partial charge in [-0.2, -0.15) is 0 Å². The molecule has 4 aromatic carbocycles. The summed E-state index contributed by atoms with van der Waals surface area (Å²) in [7, 11) is 1.46. The molecule has 4 atom stereocenters. The van der Waals surface area contributed by atoms with Crippen LogP contribution < -0.4 is 19.7 Å². The standard InChI is InChI=1S/C55H60N4O9/c1-5-36-15-16-47(67-35(3)61)28-45(64)29-51(40-24-52(65)55(53(25-40)66-4)68-46-13-8-12-44(63)27-46)58-32-39-10-7-14-50(49(39)33-58)59(20-18-34(2)60)54-26-38(17-19-57-54)48(37-9-6-11-43(62)22-37)23-42-31-56-30-41(42)21-36/h6-14,17,22,24-27,30-33,36,47-48,51,56-57,62-63,65H,5,15-16,18-21,23,28-29H2,1-4H3/t36-,47-,48+,51-/m1/s1. The summed E-state index contributed by atoms with van der Waals surface area (Å²) in [5, 5.41) is 37.8. The van der Waals surface area contributed by atoms with Gasteiger partial charge in [0.05, 0.1) is 18.8 Å². The van der Waals surface area contributed by atoms with Crippen LogP contribution in [0.1, 0.15) is 93.5 Å². The Labute approximate surface area is 396 Å². The molecule has 0 fully saturated rings. The highest BCUT2D eigenvalue weighted by molar-refractivity contribution is 5.95. The Morgan fingerprint density at radius 2 is 1.60 bits per heavy atom. The summed E-state index contributed by atoms with van der Waals surface area (Å²) in [4.78, 5) is 45.3. The Kier molecular flexibility index (Phi) is 14.6. The number of aromatic hydroxyl groups is 3. The lowest BCUT2D eigenvalue weighted by Gasteiger charge is -2.32. The molecule has 8 rings (SSSR count). The van der Waals surface area contributed by atoms with E-state index in [1.807, 2.05) is 47.3 Å². The molecule has 4 heterocycles. The fraction of sp³-hybridized carbons (Fsp3) is 0.327. The van der Waals surface area contributed by atoms with Crippen molar-refractivity contribution in [1.82, 2.24) is 14.9 Å². The fourth-order valence-corrected chi connectivity index (χ4v) is 9.67. The van der Waals surface area contributed by atoms with Gasteiger partial charge in [-0.25, -0.2) is 0 Å². The van der Waals surface area contributed by atoms with E-state index in [1.54, 1.807) is 37.3 Å². The van der Waals surface area contributed by atoms with Crippen LogP contribution in [0.15, 0.2) is 127 Å². The van der Waals surface area contributed by atoms with E-state index in [0.717, 1.165) is 58.2 Å². The Morgan fingerprint density at radius 1 is 0.838 bits per heavy atom. The van der Waals surface area contributed by atoms with Gasteiger partial charge in [-0.3, -0.25) is 14.4 Å². The molecule has 2 aliphatic rings. The second kappa shape index (κ2) is 21.0. The Morgan fingerprint density at radius 3 is 2.34 bits per heavy atom. The predicted octanol–water partition coefficient (Wildman–Crippen LogP) is 10.3. The second-order valence-corrected chi connectivity index (χ2v) is 18.0. The Bertz CT molecular complexity index is 2860. The number of anilines is 1. The van der Waals surface area contributed by atoms with E-state index >= 15 is 0 Å². The van der Waals surface area contributed by atoms with Crippen LogP contribution in [0.3, 0.4) is 0 Å². The fourth-order valence-electron chi connectivity index (χ4n) is 9.67. The number of H-pyrrole nitrogens is 1. The number of allylic oxidation sites excluding steroid dienone is 2. The Balaban J connectivity index is 1.28. The van der Waals surface area contributed by atoms with Crippen LogP contribution in [0.4, 0.5) is 5.69 Å². The number of hydrogen-bond acceptors (Lipinski definition) is 11. The third-order valence-electron chi connectivity index (χ3n) is 13.2. The van der Waals surface area contributed by atoms with Gasteiger partial charge in [0.1, 0.15) is 40.7 Å². The number of hydrogen-bond donors (Lipinski definition) is 5. The number of nitrogens with one attached hydrogen (secondary N) is 2. The summed E-state index contributed by atoms with van der Waals surface area (Å²) in [5.41, 5.74) is 5.80. The molecule has 0 spiro atoms. The minimum Gasteiger partial charge on any atom is -0.508 e. The van der Waals surface area contributed by atoms with Crippen molar-refractivity contribution >= 4 is 34.0 Å². The SMILES string of the molecule is CC[C@@H]1CC[C@@H](OC(C)=O)CC(=O)C[C@H](c2cc(O)c(Oc3cccc(O)c3)c(OC)c2)n2cc3cccc(c3c2)N(CCC(C)=O)C2=CC(=CCN2)[C@H](c2cccc(O)c2)Cc2c[nH]cc2C1. The van der Waals surface area contributed by atoms with E-state index in [0.29, 0.717) is 31.5 Å². The molecule has 0 saturated heterocycles. The van der Waals surface area contributed by atoms with Gasteiger partial charge in [-0.05, 0) is 115 Å². The van der Waals surface area contributed by atoms with Crippen LogP contribution in [-0.2, 0) is 32.0 Å². The summed E-state index contributed by atoms with van der Waals surface area (Å²) < 4.78 is 19.7. The van der Waals surface area contributed by atoms with Crippen molar-refractivity contribution in [2.24, 2.45) is 5.92 Å². The van der Waals surface area contributed by atoms with Gasteiger partial charge in [-0.15, -0.1) is 0 Å². The monoisotopic (exact) mass is 920 g/mol. The highest BCUT2D eigenvalue weighted by Crippen LogP contribution is 2.45. The number of esters is 1. The highest BCUT2D eigenvalue weighted by atomic mass is 16.5. The lowest BCUT2D eigenvalue weighted by atomic mass is 9.82. The van der Waals surface area contributed by atoms with E-state index in [1.165, 1.54) is 31.7 Å². The van der Waals surface area contributed by atoms with Crippen LogP contribution >= 0.6 is 0 Å². The number of dihydropyridines is 1. The number of phenolic OH excluding ortho intramolecular Hbond substituents is 3. The molecular formula is C55H60N4O9. The lowest BCUT2D eigenvalue weighted by molar-refractivity contribution is -0.148. The van der Waals surface area contributed by atoms with E-state index in [9.17, 15) is 29.7 Å². The summed E-state index contributed by atoms with van der Waals surface area (Å²) in [6, 6.07) is 22.3. The molecule has 0 unspecified atom stereocenters. The predicted molar refractivity (Wildman–Crippen MR) is 262 cm³/mol. The molecule has 0 aliphatic carbocycles. The smallest absolute Gasteiger partial charge is 0.302 e. The molecule has 354 valence electrons. The van der Waals surface area contributed by atoms with Gasteiger partial charge < -0.3 is 49.3 Å². The van der Waals surface area contributed by atoms with Gasteiger partial charge in [-0.1, -0.05) is 49.8 Å². The van der Waals surface area contributed by atoms with Crippen molar-refractivity contribution in [3.63, 3.8) is 0 Å². The molecule has 5 N–H and O–H groups in total. The quantitative estimate of drug-likeness (QED) is 0.0827. The summed E-state index contributed by atoms with van der Waals surface area (Å²) in [5.74, 6) is 0.860. The first-order chi connectivity index (χ1) is 32.8. The number of nitrogens with zero attached hydrogens (tertiary/aromatic N) is 2. The number of carbonyl (C=O) groups is 3. The molecule has 6 aromatic rings. The number of methoxy groups -OCH3 is 1. The van der Waals surface area contributed by atoms with Crippen molar-refractivity contribution < 1.29 is 43.9 Å². The van der Waals surface area contributed by atoms with Crippen LogP contribution in [0.5, 0.6) is 34.5 Å². The lowest BCUT2D eigenvalue weighted by Crippen LogP contribution is -2.35. The number of benzene rings is 4. The third-order valence-corrected chi connectivity index (χ3v) is 13.2. The number of ether oxygens (including phenoxy) is 3. The zero-order chi connectivity index (χ0) is 47.9. The third kappa shape index (κ3) is 11.1. The molecular weight excluding hydrogens is 861 g/mol. The maximum atomic E-state index is 14.5. The van der Waals surface area contributed by atoms with Gasteiger partial charge >= 0.3 is 5.97 Å². The average molecular weight is 921 g/mol. The second-order valence-electron chi connectivity index (χ2n) is 18.0. The molecule has 4 bridgehead atoms. The molecule has 68 heavy (non-hydrogen) atoms. The number of phenols is 3. The Hall–Kier alpha value is -7.41. The molecule has 2 aromatic heterocycles. The molecule has 13 heteroatoms. The van der Waals surface area contributed by atoms with Gasteiger partial charge in [0, 0.05) is 86.8 Å². The van der Waals surface area contributed by atoms with Crippen LogP contribution in [0.25, 0.3) is 10.8 Å². The first-order valence-electron chi connectivity index (χ1n) is 23.4. The number of ketones is 2. The number of carbonyl (C=O) groups excluding carboxylic acids is 3. The normalized spacial score (nSPS) is 19.2. The molecule has 0 amide bonds. The number of Topliss-reactive ketones (excluding diaryl/α,β-unsaturated/α-hetero) is 2. The van der Waals surface area contributed by atoms with Crippen molar-refractivity contribution in [3.8, 4) is 34.5 Å². The summed E-state index contributed by atoms with van der Waals surface area (Å²) in [6.45, 7) is 6.03. The molecule has 0 radical (unpaired) electrons. The van der Waals surface area contributed by atoms with Gasteiger partial charge in [0.25, 0.3) is 0 Å². The summed E-state index contributed by atoms with van der Waals surface area (Å²) in [6.07, 6.45) is 15.6. The minimum atomic E-state index is -0.671. The molecule has 2 aliphatic heterocycles. The van der Waals surface area contributed by atoms with Crippen LogP contribution in [0, 0.1) is 5.92 Å². The maximum absolute atomic E-state index is 14.5. The topological polar surface area (TPSA) is 176 Å². The molecule has 0 saturated carbocycles. The zero-order valence-corrected chi connectivity index (χ0v) is 39.0. The number of fused-ring (bicyclic) bond motifs is 3. The number of aromatic amines is 1. The van der Waals surface area contributed by atoms with Crippen molar-refractivity contribution in [1.29, 1.82) is 0 Å². The highest BCUT2D eigenvalue weighted by Gasteiger charge is 2.29.